The average Bonchev–Trinajstić information content (AvgIpc) is 2.74. The molecule has 0 aliphatic rings. The zero-order valence-electron chi connectivity index (χ0n) is 9.97. The Labute approximate surface area is 117 Å². The molecule has 100 valence electrons. The largest absolute Gasteiger partial charge is 0.480 e. The Bertz CT molecular complexity index is 434. The maximum Gasteiger partial charge on any atom is 0.328 e. The van der Waals surface area contributed by atoms with Crippen LogP contribution < -0.4 is 5.32 Å². The quantitative estimate of drug-likeness (QED) is 0.831. The van der Waals surface area contributed by atoms with Gasteiger partial charge in [-0.3, -0.25) is 4.79 Å². The van der Waals surface area contributed by atoms with Gasteiger partial charge in [0, 0.05) is 12.0 Å². The lowest BCUT2D eigenvalue weighted by Gasteiger charge is -2.16. The van der Waals surface area contributed by atoms with Crippen LogP contribution in [0.1, 0.15) is 17.7 Å². The summed E-state index contributed by atoms with van der Waals surface area (Å²) in [5.74, 6) is -1.82. The summed E-state index contributed by atoms with van der Waals surface area (Å²) >= 11 is 4.77. The van der Waals surface area contributed by atoms with Crippen LogP contribution in [0.3, 0.4) is 0 Å². The molecule has 2 atom stereocenters. The normalized spacial score (nSPS) is 13.9. The van der Waals surface area contributed by atoms with Gasteiger partial charge in [-0.1, -0.05) is 0 Å². The van der Waals surface area contributed by atoms with Crippen LogP contribution in [0.4, 0.5) is 0 Å². The van der Waals surface area contributed by atoms with Crippen molar-refractivity contribution in [1.29, 1.82) is 0 Å². The average molecular weight is 336 g/mol. The Morgan fingerprint density at radius 1 is 1.56 bits per heavy atom. The number of carboxylic acids is 1. The highest BCUT2D eigenvalue weighted by Gasteiger charge is 2.24. The Hall–Kier alpha value is -0.920. The van der Waals surface area contributed by atoms with E-state index in [1.54, 1.807) is 6.92 Å². The fraction of sp³-hybridized carbons (Fsp3) is 0.455. The molecule has 0 aromatic carbocycles. The maximum absolute atomic E-state index is 11.9. The minimum atomic E-state index is -1.11. The number of hydrogen-bond donors (Lipinski definition) is 2. The van der Waals surface area contributed by atoms with E-state index in [-0.39, 0.29) is 18.4 Å². The van der Waals surface area contributed by atoms with E-state index in [2.05, 4.69) is 21.2 Å². The first-order valence-corrected chi connectivity index (χ1v) is 6.84. The monoisotopic (exact) mass is 335 g/mol. The highest BCUT2D eigenvalue weighted by atomic mass is 79.9. The topological polar surface area (TPSA) is 75.6 Å². The van der Waals surface area contributed by atoms with E-state index < -0.39 is 12.0 Å². The van der Waals surface area contributed by atoms with Crippen LogP contribution in [0.15, 0.2) is 15.9 Å². The summed E-state index contributed by atoms with van der Waals surface area (Å²) in [5.41, 5.74) is 0. The van der Waals surface area contributed by atoms with Crippen LogP contribution >= 0.6 is 27.3 Å². The van der Waals surface area contributed by atoms with Crippen LogP contribution in [0.2, 0.25) is 0 Å². The summed E-state index contributed by atoms with van der Waals surface area (Å²) in [6.45, 7) is 1.68. The van der Waals surface area contributed by atoms with E-state index in [1.165, 1.54) is 18.4 Å². The van der Waals surface area contributed by atoms with Crippen molar-refractivity contribution >= 4 is 39.1 Å². The SMILES string of the molecule is COCC(NC(=O)C(C)c1ccc(Br)s1)C(=O)O. The summed E-state index contributed by atoms with van der Waals surface area (Å²) < 4.78 is 5.69. The second-order valence-electron chi connectivity index (χ2n) is 3.72. The van der Waals surface area contributed by atoms with Gasteiger partial charge in [-0.25, -0.2) is 4.79 Å². The molecular weight excluding hydrogens is 322 g/mol. The van der Waals surface area contributed by atoms with Gasteiger partial charge in [0.1, 0.15) is 0 Å². The fourth-order valence-corrected chi connectivity index (χ4v) is 2.80. The number of amides is 1. The summed E-state index contributed by atoms with van der Waals surface area (Å²) in [4.78, 5) is 23.7. The van der Waals surface area contributed by atoms with Crippen LogP contribution in [0.5, 0.6) is 0 Å². The van der Waals surface area contributed by atoms with E-state index in [1.807, 2.05) is 12.1 Å². The molecule has 5 nitrogen and oxygen atoms in total. The van der Waals surface area contributed by atoms with Crippen LogP contribution in [0, 0.1) is 0 Å². The van der Waals surface area contributed by atoms with Crippen molar-refractivity contribution in [3.05, 3.63) is 20.8 Å². The molecule has 2 N–H and O–H groups in total. The number of carboxylic acid groups (broad SMARTS) is 1. The van der Waals surface area contributed by atoms with Gasteiger partial charge in [-0.05, 0) is 35.0 Å². The molecule has 2 unspecified atom stereocenters. The van der Waals surface area contributed by atoms with Gasteiger partial charge in [-0.15, -0.1) is 11.3 Å². The lowest BCUT2D eigenvalue weighted by molar-refractivity contribution is -0.143. The number of thiophene rings is 1. The second-order valence-corrected chi connectivity index (χ2v) is 6.21. The third kappa shape index (κ3) is 4.08. The van der Waals surface area contributed by atoms with Crippen LogP contribution in [-0.2, 0) is 14.3 Å². The Kier molecular flexibility index (Phi) is 5.77. The summed E-state index contributed by atoms with van der Waals surface area (Å²) in [5, 5.41) is 11.4. The molecule has 0 aliphatic heterocycles. The van der Waals surface area contributed by atoms with Crippen molar-refractivity contribution in [2.45, 2.75) is 18.9 Å². The predicted molar refractivity (Wildman–Crippen MR) is 71.9 cm³/mol. The molecule has 0 bridgehead atoms. The van der Waals surface area contributed by atoms with Crippen LogP contribution in [-0.4, -0.2) is 36.7 Å². The van der Waals surface area contributed by atoms with Gasteiger partial charge in [0.25, 0.3) is 0 Å². The summed E-state index contributed by atoms with van der Waals surface area (Å²) in [7, 11) is 1.39. The standard InChI is InChI=1S/C11H14BrNO4S/c1-6(8-3-4-9(12)18-8)10(14)13-7(5-17-2)11(15)16/h3-4,6-7H,5H2,1-2H3,(H,13,14)(H,15,16). The van der Waals surface area contributed by atoms with Crippen molar-refractivity contribution in [1.82, 2.24) is 5.32 Å². The van der Waals surface area contributed by atoms with Gasteiger partial charge >= 0.3 is 5.97 Å². The first-order valence-electron chi connectivity index (χ1n) is 5.23. The fourth-order valence-electron chi connectivity index (χ4n) is 1.33. The van der Waals surface area contributed by atoms with Gasteiger partial charge < -0.3 is 15.2 Å². The highest BCUT2D eigenvalue weighted by molar-refractivity contribution is 9.11. The number of carbonyl (C=O) groups is 2. The number of carbonyl (C=O) groups excluding carboxylic acids is 1. The molecule has 1 amide bonds. The molecule has 0 fully saturated rings. The first kappa shape index (κ1) is 15.1. The van der Waals surface area contributed by atoms with Crippen molar-refractivity contribution in [2.24, 2.45) is 0 Å². The van der Waals surface area contributed by atoms with Crippen LogP contribution in [0.25, 0.3) is 0 Å². The zero-order valence-corrected chi connectivity index (χ0v) is 12.4. The number of hydrogen-bond acceptors (Lipinski definition) is 4. The minimum absolute atomic E-state index is 0.0536. The number of halogens is 1. The van der Waals surface area contributed by atoms with Gasteiger partial charge in [0.05, 0.1) is 16.3 Å². The van der Waals surface area contributed by atoms with Gasteiger partial charge in [0.15, 0.2) is 6.04 Å². The lowest BCUT2D eigenvalue weighted by atomic mass is 10.1. The van der Waals surface area contributed by atoms with Crippen molar-refractivity contribution < 1.29 is 19.4 Å². The zero-order chi connectivity index (χ0) is 13.7. The molecule has 1 aromatic rings. The number of nitrogens with one attached hydrogen (secondary N) is 1. The van der Waals surface area contributed by atoms with Crippen molar-refractivity contribution in [3.8, 4) is 0 Å². The molecule has 0 spiro atoms. The van der Waals surface area contributed by atoms with E-state index in [0.717, 1.165) is 8.66 Å². The molecule has 1 heterocycles. The number of methoxy groups -OCH3 is 1. The Balaban J connectivity index is 2.66. The van der Waals surface area contributed by atoms with Crippen molar-refractivity contribution in [3.63, 3.8) is 0 Å². The predicted octanol–water partition coefficient (Wildman–Crippen LogP) is 1.83. The lowest BCUT2D eigenvalue weighted by Crippen LogP contribution is -2.45. The van der Waals surface area contributed by atoms with E-state index in [9.17, 15) is 9.59 Å². The van der Waals surface area contributed by atoms with Gasteiger partial charge in [-0.2, -0.15) is 0 Å². The first-order chi connectivity index (χ1) is 8.45. The van der Waals surface area contributed by atoms with Crippen molar-refractivity contribution in [2.75, 3.05) is 13.7 Å². The number of rotatable bonds is 6. The number of aliphatic carboxylic acids is 1. The molecule has 1 aromatic heterocycles. The number of ether oxygens (including phenoxy) is 1. The van der Waals surface area contributed by atoms with E-state index in [0.29, 0.717) is 0 Å². The smallest absolute Gasteiger partial charge is 0.328 e. The molecule has 0 saturated carbocycles. The van der Waals surface area contributed by atoms with E-state index in [4.69, 9.17) is 9.84 Å². The molecule has 0 radical (unpaired) electrons. The Morgan fingerprint density at radius 3 is 2.67 bits per heavy atom. The highest BCUT2D eigenvalue weighted by Crippen LogP contribution is 2.28. The van der Waals surface area contributed by atoms with Gasteiger partial charge in [0.2, 0.25) is 5.91 Å². The summed E-state index contributed by atoms with van der Waals surface area (Å²) in [6.07, 6.45) is 0. The molecular formula is C11H14BrNO4S. The summed E-state index contributed by atoms with van der Waals surface area (Å²) in [6, 6.07) is 2.67. The van der Waals surface area contributed by atoms with E-state index >= 15 is 0 Å². The molecule has 1 rings (SSSR count). The molecule has 0 aliphatic carbocycles. The third-order valence-electron chi connectivity index (χ3n) is 2.36. The molecule has 18 heavy (non-hydrogen) atoms. The third-order valence-corrected chi connectivity index (χ3v) is 4.17. The molecule has 0 saturated heterocycles. The molecule has 7 heteroatoms. The maximum atomic E-state index is 11.9. The second kappa shape index (κ2) is 6.86. The Morgan fingerprint density at radius 2 is 2.22 bits per heavy atom. The minimum Gasteiger partial charge on any atom is -0.480 e.